The summed E-state index contributed by atoms with van der Waals surface area (Å²) in [6.07, 6.45) is 2.28. The molecule has 3 aliphatic rings. The molecule has 0 aliphatic carbocycles. The number of ether oxygens (including phenoxy) is 1. The van der Waals surface area contributed by atoms with Crippen LogP contribution in [0.3, 0.4) is 0 Å². The van der Waals surface area contributed by atoms with E-state index >= 15 is 0 Å². The van der Waals surface area contributed by atoms with Gasteiger partial charge in [-0.15, -0.1) is 0 Å². The normalized spacial score (nSPS) is 22.5. The number of hydrogen-bond acceptors (Lipinski definition) is 8. The number of carbonyl (C=O) groups is 3. The predicted molar refractivity (Wildman–Crippen MR) is 139 cm³/mol. The van der Waals surface area contributed by atoms with Crippen LogP contribution >= 0.6 is 0 Å². The molecule has 3 N–H and O–H groups in total. The van der Waals surface area contributed by atoms with Crippen LogP contribution in [0.25, 0.3) is 0 Å². The Hall–Kier alpha value is -2.92. The zero-order chi connectivity index (χ0) is 26.6. The standard InChI is InChI=1S/C26H39FN6O4/c1-26(2,3)37-25(36)30-33-10-8-18(9-11-33)17-31-12-14-32(15-13-31)22-6-4-19(16-20(22)27)28-21-5-7-23(34)29-24(21)35/h4,6,16,18,21,28H,5,7-15,17H2,1-3H3,(H,30,36)(H,29,34,35). The lowest BCUT2D eigenvalue weighted by molar-refractivity contribution is -0.133. The zero-order valence-corrected chi connectivity index (χ0v) is 22.0. The molecule has 3 fully saturated rings. The molecule has 3 saturated heterocycles. The van der Waals surface area contributed by atoms with Crippen LogP contribution in [0.4, 0.5) is 20.6 Å². The average Bonchev–Trinajstić information content (AvgIpc) is 2.82. The van der Waals surface area contributed by atoms with E-state index in [9.17, 15) is 18.8 Å². The SMILES string of the molecule is CC(C)(C)OC(=O)NN1CCC(CN2CCN(c3ccc(NC4CCC(=O)NC4=O)cc3F)CC2)CC1. The second kappa shape index (κ2) is 11.6. The van der Waals surface area contributed by atoms with Gasteiger partial charge in [-0.05, 0) is 64.2 Å². The van der Waals surface area contributed by atoms with Crippen molar-refractivity contribution in [1.29, 1.82) is 0 Å². The highest BCUT2D eigenvalue weighted by Crippen LogP contribution is 2.26. The molecule has 3 heterocycles. The summed E-state index contributed by atoms with van der Waals surface area (Å²) in [6.45, 7) is 11.4. The molecular weight excluding hydrogens is 479 g/mol. The van der Waals surface area contributed by atoms with Crippen molar-refractivity contribution in [3.8, 4) is 0 Å². The molecule has 4 rings (SSSR count). The number of carbonyl (C=O) groups excluding carboxylic acids is 3. The van der Waals surface area contributed by atoms with Gasteiger partial charge in [-0.2, -0.15) is 0 Å². The number of hydrazine groups is 1. The van der Waals surface area contributed by atoms with Crippen molar-refractivity contribution in [3.63, 3.8) is 0 Å². The van der Waals surface area contributed by atoms with E-state index in [-0.39, 0.29) is 24.1 Å². The number of anilines is 2. The monoisotopic (exact) mass is 518 g/mol. The van der Waals surface area contributed by atoms with Gasteiger partial charge in [0.1, 0.15) is 17.5 Å². The molecule has 1 aromatic rings. The van der Waals surface area contributed by atoms with Crippen LogP contribution in [0, 0.1) is 11.7 Å². The van der Waals surface area contributed by atoms with Crippen molar-refractivity contribution in [1.82, 2.24) is 20.7 Å². The maximum atomic E-state index is 14.9. The van der Waals surface area contributed by atoms with Crippen LogP contribution in [-0.2, 0) is 14.3 Å². The van der Waals surface area contributed by atoms with Gasteiger partial charge in [-0.3, -0.25) is 25.2 Å². The van der Waals surface area contributed by atoms with Crippen LogP contribution in [0.15, 0.2) is 18.2 Å². The maximum Gasteiger partial charge on any atom is 0.422 e. The summed E-state index contributed by atoms with van der Waals surface area (Å²) in [5, 5.41) is 7.27. The highest BCUT2D eigenvalue weighted by molar-refractivity contribution is 6.01. The van der Waals surface area contributed by atoms with E-state index in [2.05, 4.69) is 25.9 Å². The van der Waals surface area contributed by atoms with Gasteiger partial charge < -0.3 is 15.0 Å². The third kappa shape index (κ3) is 7.78. The summed E-state index contributed by atoms with van der Waals surface area (Å²) in [7, 11) is 0. The van der Waals surface area contributed by atoms with E-state index in [1.54, 1.807) is 12.1 Å². The molecule has 0 aromatic heterocycles. The van der Waals surface area contributed by atoms with E-state index in [4.69, 9.17) is 4.74 Å². The van der Waals surface area contributed by atoms with Crippen molar-refractivity contribution in [2.75, 3.05) is 56.0 Å². The van der Waals surface area contributed by atoms with Crippen molar-refractivity contribution >= 4 is 29.3 Å². The molecule has 11 heteroatoms. The Labute approximate surface area is 217 Å². The van der Waals surface area contributed by atoms with Crippen LogP contribution < -0.4 is 21.0 Å². The lowest BCUT2D eigenvalue weighted by Crippen LogP contribution is -2.51. The van der Waals surface area contributed by atoms with Crippen molar-refractivity contribution in [3.05, 3.63) is 24.0 Å². The van der Waals surface area contributed by atoms with E-state index in [0.717, 1.165) is 58.7 Å². The van der Waals surface area contributed by atoms with Crippen molar-refractivity contribution in [2.45, 2.75) is 58.1 Å². The summed E-state index contributed by atoms with van der Waals surface area (Å²) in [4.78, 5) is 39.8. The summed E-state index contributed by atoms with van der Waals surface area (Å²) in [5.74, 6) is -0.403. The fourth-order valence-electron chi connectivity index (χ4n) is 5.08. The molecule has 0 bridgehead atoms. The quantitative estimate of drug-likeness (QED) is 0.493. The second-order valence-corrected chi connectivity index (χ2v) is 11.1. The molecule has 3 aliphatic heterocycles. The summed E-state index contributed by atoms with van der Waals surface area (Å²) in [6, 6.07) is 4.43. The Morgan fingerprint density at radius 2 is 1.78 bits per heavy atom. The van der Waals surface area contributed by atoms with Gasteiger partial charge in [-0.1, -0.05) is 0 Å². The minimum Gasteiger partial charge on any atom is -0.443 e. The number of halogens is 1. The topological polar surface area (TPSA) is 106 Å². The fraction of sp³-hybridized carbons (Fsp3) is 0.654. The number of piperidine rings is 2. The lowest BCUT2D eigenvalue weighted by Gasteiger charge is -2.39. The van der Waals surface area contributed by atoms with Gasteiger partial charge in [0.25, 0.3) is 0 Å². The predicted octanol–water partition coefficient (Wildman–Crippen LogP) is 2.32. The highest BCUT2D eigenvalue weighted by Gasteiger charge is 2.28. The molecule has 1 aromatic carbocycles. The van der Waals surface area contributed by atoms with E-state index in [0.29, 0.717) is 23.7 Å². The van der Waals surface area contributed by atoms with Gasteiger partial charge in [-0.25, -0.2) is 14.2 Å². The minimum absolute atomic E-state index is 0.274. The number of nitrogens with one attached hydrogen (secondary N) is 3. The largest absolute Gasteiger partial charge is 0.443 e. The van der Waals surface area contributed by atoms with E-state index < -0.39 is 17.7 Å². The van der Waals surface area contributed by atoms with Gasteiger partial charge in [0.05, 0.1) is 5.69 Å². The maximum absolute atomic E-state index is 14.9. The molecular formula is C26H39FN6O4. The van der Waals surface area contributed by atoms with Gasteiger partial charge >= 0.3 is 6.09 Å². The Kier molecular flexibility index (Phi) is 8.53. The fourth-order valence-corrected chi connectivity index (χ4v) is 5.08. The number of nitrogens with zero attached hydrogens (tertiary/aromatic N) is 3. The average molecular weight is 519 g/mol. The van der Waals surface area contributed by atoms with Crippen LogP contribution in [0.2, 0.25) is 0 Å². The number of piperazine rings is 1. The van der Waals surface area contributed by atoms with Crippen LogP contribution in [0.1, 0.15) is 46.5 Å². The number of rotatable bonds is 6. The number of imide groups is 1. The summed E-state index contributed by atoms with van der Waals surface area (Å²) < 4.78 is 20.3. The smallest absolute Gasteiger partial charge is 0.422 e. The molecule has 1 atom stereocenters. The Morgan fingerprint density at radius 1 is 1.08 bits per heavy atom. The number of hydrogen-bond donors (Lipinski definition) is 3. The van der Waals surface area contributed by atoms with Gasteiger partial charge in [0.15, 0.2) is 0 Å². The third-order valence-corrected chi connectivity index (χ3v) is 7.02. The number of amides is 3. The first-order valence-corrected chi connectivity index (χ1v) is 13.2. The Morgan fingerprint density at radius 3 is 2.41 bits per heavy atom. The van der Waals surface area contributed by atoms with E-state index in [1.165, 1.54) is 6.07 Å². The molecule has 1 unspecified atom stereocenters. The van der Waals surface area contributed by atoms with E-state index in [1.807, 2.05) is 25.8 Å². The van der Waals surface area contributed by atoms with Crippen molar-refractivity contribution < 1.29 is 23.5 Å². The molecule has 0 saturated carbocycles. The second-order valence-electron chi connectivity index (χ2n) is 11.1. The summed E-state index contributed by atoms with van der Waals surface area (Å²) in [5.41, 5.74) is 3.42. The third-order valence-electron chi connectivity index (χ3n) is 7.02. The first kappa shape index (κ1) is 27.1. The molecule has 37 heavy (non-hydrogen) atoms. The molecule has 204 valence electrons. The first-order chi connectivity index (χ1) is 17.6. The zero-order valence-electron chi connectivity index (χ0n) is 22.0. The highest BCUT2D eigenvalue weighted by atomic mass is 19.1. The summed E-state index contributed by atoms with van der Waals surface area (Å²) >= 11 is 0. The Balaban J connectivity index is 1.19. The minimum atomic E-state index is -0.536. The number of benzene rings is 1. The molecule has 3 amide bonds. The van der Waals surface area contributed by atoms with Crippen LogP contribution in [0.5, 0.6) is 0 Å². The van der Waals surface area contributed by atoms with Crippen molar-refractivity contribution in [2.24, 2.45) is 5.92 Å². The Bertz CT molecular complexity index is 984. The van der Waals surface area contributed by atoms with Gasteiger partial charge in [0, 0.05) is 57.9 Å². The van der Waals surface area contributed by atoms with Gasteiger partial charge in [0.2, 0.25) is 11.8 Å². The first-order valence-electron chi connectivity index (χ1n) is 13.2. The lowest BCUT2D eigenvalue weighted by atomic mass is 9.97. The molecule has 0 radical (unpaired) electrons. The van der Waals surface area contributed by atoms with Crippen LogP contribution in [-0.4, -0.2) is 85.3 Å². The molecule has 10 nitrogen and oxygen atoms in total. The molecule has 0 spiro atoms.